The van der Waals surface area contributed by atoms with Crippen LogP contribution in [0.3, 0.4) is 0 Å². The van der Waals surface area contributed by atoms with E-state index in [-0.39, 0.29) is 19.1 Å². The van der Waals surface area contributed by atoms with Crippen molar-refractivity contribution in [3.05, 3.63) is 0 Å². The van der Waals surface area contributed by atoms with E-state index in [0.717, 1.165) is 13.1 Å². The molecule has 5 nitrogen and oxygen atoms in total. The van der Waals surface area contributed by atoms with Crippen LogP contribution in [0.25, 0.3) is 0 Å². The smallest absolute Gasteiger partial charge is 0.236 e. The molecule has 5 heteroatoms. The van der Waals surface area contributed by atoms with Crippen LogP contribution in [0.5, 0.6) is 0 Å². The Kier molecular flexibility index (Phi) is 6.60. The number of hydrogen-bond donors (Lipinski definition) is 2. The maximum atomic E-state index is 12.2. The van der Waals surface area contributed by atoms with E-state index in [9.17, 15) is 4.79 Å². The van der Waals surface area contributed by atoms with Crippen molar-refractivity contribution in [3.63, 3.8) is 0 Å². The zero-order chi connectivity index (χ0) is 13.5. The maximum Gasteiger partial charge on any atom is 0.236 e. The van der Waals surface area contributed by atoms with Gasteiger partial charge in [-0.05, 0) is 18.3 Å². The number of amides is 1. The van der Waals surface area contributed by atoms with Crippen molar-refractivity contribution in [1.29, 1.82) is 0 Å². The quantitative estimate of drug-likeness (QED) is 0.691. The van der Waals surface area contributed by atoms with Crippen LogP contribution in [0.2, 0.25) is 0 Å². The lowest BCUT2D eigenvalue weighted by atomic mass is 9.92. The van der Waals surface area contributed by atoms with Crippen molar-refractivity contribution >= 4 is 5.91 Å². The summed E-state index contributed by atoms with van der Waals surface area (Å²) in [6, 6.07) is 0. The van der Waals surface area contributed by atoms with Crippen LogP contribution in [0.15, 0.2) is 0 Å². The largest absolute Gasteiger partial charge is 0.395 e. The molecule has 1 aliphatic heterocycles. The Morgan fingerprint density at radius 1 is 1.17 bits per heavy atom. The molecule has 1 rings (SSSR count). The monoisotopic (exact) mass is 258 g/mol. The lowest BCUT2D eigenvalue weighted by Gasteiger charge is -2.36. The number of hydrogen-bond acceptors (Lipinski definition) is 4. The van der Waals surface area contributed by atoms with Gasteiger partial charge in [-0.3, -0.25) is 9.69 Å². The second-order valence-corrected chi connectivity index (χ2v) is 5.47. The van der Waals surface area contributed by atoms with Crippen LogP contribution in [-0.4, -0.2) is 71.9 Å². The standard InChI is InChI=1S/C13H26N2O3/c1-11-7-12(2)9-15(8-11)13(18)10-14(3-5-16)4-6-17/h11-12,16-17H,3-10H2,1-2H3. The predicted molar refractivity (Wildman–Crippen MR) is 70.1 cm³/mol. The Balaban J connectivity index is 2.46. The first-order valence-electron chi connectivity index (χ1n) is 6.78. The first-order valence-corrected chi connectivity index (χ1v) is 6.78. The molecule has 0 saturated carbocycles. The average Bonchev–Trinajstić information content (AvgIpc) is 2.28. The highest BCUT2D eigenvalue weighted by molar-refractivity contribution is 5.78. The van der Waals surface area contributed by atoms with Gasteiger partial charge in [-0.25, -0.2) is 0 Å². The second-order valence-electron chi connectivity index (χ2n) is 5.47. The van der Waals surface area contributed by atoms with Gasteiger partial charge < -0.3 is 15.1 Å². The molecule has 1 fully saturated rings. The topological polar surface area (TPSA) is 64.0 Å². The molecular weight excluding hydrogens is 232 g/mol. The van der Waals surface area contributed by atoms with Gasteiger partial charge in [0.05, 0.1) is 19.8 Å². The summed E-state index contributed by atoms with van der Waals surface area (Å²) in [7, 11) is 0. The van der Waals surface area contributed by atoms with Crippen LogP contribution in [0.4, 0.5) is 0 Å². The van der Waals surface area contributed by atoms with Gasteiger partial charge in [0, 0.05) is 26.2 Å². The maximum absolute atomic E-state index is 12.2. The van der Waals surface area contributed by atoms with Gasteiger partial charge in [-0.1, -0.05) is 13.8 Å². The Labute approximate surface area is 109 Å². The van der Waals surface area contributed by atoms with Gasteiger partial charge in [0.2, 0.25) is 5.91 Å². The minimum absolute atomic E-state index is 0.0140. The third kappa shape index (κ3) is 4.92. The van der Waals surface area contributed by atoms with Crippen LogP contribution in [0.1, 0.15) is 20.3 Å². The highest BCUT2D eigenvalue weighted by Crippen LogP contribution is 2.20. The Morgan fingerprint density at radius 2 is 1.67 bits per heavy atom. The van der Waals surface area contributed by atoms with E-state index >= 15 is 0 Å². The molecule has 1 heterocycles. The zero-order valence-corrected chi connectivity index (χ0v) is 11.5. The molecule has 0 aromatic carbocycles. The number of likely N-dealkylation sites (tertiary alicyclic amines) is 1. The van der Waals surface area contributed by atoms with Gasteiger partial charge >= 0.3 is 0 Å². The molecule has 0 aromatic heterocycles. The summed E-state index contributed by atoms with van der Waals surface area (Å²) < 4.78 is 0. The summed E-state index contributed by atoms with van der Waals surface area (Å²) in [5.41, 5.74) is 0. The molecular formula is C13H26N2O3. The third-order valence-electron chi connectivity index (χ3n) is 3.41. The number of carbonyl (C=O) groups is 1. The van der Waals surface area contributed by atoms with E-state index < -0.39 is 0 Å². The van der Waals surface area contributed by atoms with Crippen molar-refractivity contribution in [2.24, 2.45) is 11.8 Å². The number of aliphatic hydroxyl groups is 2. The lowest BCUT2D eigenvalue weighted by molar-refractivity contribution is -0.135. The molecule has 106 valence electrons. The van der Waals surface area contributed by atoms with Gasteiger partial charge in [0.25, 0.3) is 0 Å². The molecule has 0 spiro atoms. The predicted octanol–water partition coefficient (Wildman–Crippen LogP) is -0.222. The first-order chi connectivity index (χ1) is 8.56. The minimum atomic E-state index is 0.0140. The highest BCUT2D eigenvalue weighted by atomic mass is 16.3. The molecule has 1 saturated heterocycles. The van der Waals surface area contributed by atoms with Crippen molar-refractivity contribution < 1.29 is 15.0 Å². The molecule has 0 aliphatic carbocycles. The van der Waals surface area contributed by atoms with Crippen LogP contribution >= 0.6 is 0 Å². The van der Waals surface area contributed by atoms with E-state index in [2.05, 4.69) is 13.8 Å². The first kappa shape index (κ1) is 15.4. The molecule has 0 radical (unpaired) electrons. The SMILES string of the molecule is CC1CC(C)CN(C(=O)CN(CCO)CCO)C1. The van der Waals surface area contributed by atoms with E-state index in [4.69, 9.17) is 10.2 Å². The number of piperidine rings is 1. The third-order valence-corrected chi connectivity index (χ3v) is 3.41. The van der Waals surface area contributed by atoms with E-state index in [0.29, 0.717) is 31.5 Å². The number of rotatable bonds is 6. The number of carbonyl (C=O) groups excluding carboxylic acids is 1. The van der Waals surface area contributed by atoms with E-state index in [1.807, 2.05) is 4.90 Å². The van der Waals surface area contributed by atoms with Crippen molar-refractivity contribution in [2.75, 3.05) is 45.9 Å². The second kappa shape index (κ2) is 7.71. The fraction of sp³-hybridized carbons (Fsp3) is 0.923. The molecule has 0 bridgehead atoms. The van der Waals surface area contributed by atoms with Gasteiger partial charge in [-0.2, -0.15) is 0 Å². The highest BCUT2D eigenvalue weighted by Gasteiger charge is 2.26. The van der Waals surface area contributed by atoms with Gasteiger partial charge in [0.15, 0.2) is 0 Å². The van der Waals surface area contributed by atoms with Gasteiger partial charge in [-0.15, -0.1) is 0 Å². The van der Waals surface area contributed by atoms with E-state index in [1.54, 1.807) is 4.90 Å². The van der Waals surface area contributed by atoms with Crippen LogP contribution in [-0.2, 0) is 4.79 Å². The molecule has 1 aliphatic rings. The summed E-state index contributed by atoms with van der Waals surface area (Å²) >= 11 is 0. The summed E-state index contributed by atoms with van der Waals surface area (Å²) in [6.45, 7) is 7.20. The summed E-state index contributed by atoms with van der Waals surface area (Å²) in [5, 5.41) is 17.8. The average molecular weight is 258 g/mol. The van der Waals surface area contributed by atoms with E-state index in [1.165, 1.54) is 6.42 Å². The lowest BCUT2D eigenvalue weighted by Crippen LogP contribution is -2.47. The number of nitrogens with zero attached hydrogens (tertiary/aromatic N) is 2. The Morgan fingerprint density at radius 3 is 2.11 bits per heavy atom. The summed E-state index contributed by atoms with van der Waals surface area (Å²) in [5.74, 6) is 1.22. The molecule has 2 atom stereocenters. The van der Waals surface area contributed by atoms with Crippen LogP contribution < -0.4 is 0 Å². The normalized spacial score (nSPS) is 24.6. The molecule has 1 amide bonds. The van der Waals surface area contributed by atoms with Gasteiger partial charge in [0.1, 0.15) is 0 Å². The molecule has 2 N–H and O–H groups in total. The zero-order valence-electron chi connectivity index (χ0n) is 11.5. The molecule has 0 aromatic rings. The fourth-order valence-corrected chi connectivity index (χ4v) is 2.71. The van der Waals surface area contributed by atoms with Crippen LogP contribution in [0, 0.1) is 11.8 Å². The molecule has 2 unspecified atom stereocenters. The van der Waals surface area contributed by atoms with Crippen molar-refractivity contribution in [3.8, 4) is 0 Å². The number of aliphatic hydroxyl groups excluding tert-OH is 2. The summed E-state index contributed by atoms with van der Waals surface area (Å²) in [4.78, 5) is 15.9. The minimum Gasteiger partial charge on any atom is -0.395 e. The molecule has 18 heavy (non-hydrogen) atoms. The Hall–Kier alpha value is -0.650. The summed E-state index contributed by atoms with van der Waals surface area (Å²) in [6.07, 6.45) is 1.18. The Bertz CT molecular complexity index is 245. The fourth-order valence-electron chi connectivity index (χ4n) is 2.71. The van der Waals surface area contributed by atoms with Crippen molar-refractivity contribution in [1.82, 2.24) is 9.80 Å². The van der Waals surface area contributed by atoms with Crippen molar-refractivity contribution in [2.45, 2.75) is 20.3 Å².